The Balaban J connectivity index is 2.38. The van der Waals surface area contributed by atoms with Crippen molar-refractivity contribution in [3.05, 3.63) is 45.2 Å². The fraction of sp³-hybridized carbons (Fsp3) is 0.231. The summed E-state index contributed by atoms with van der Waals surface area (Å²) in [5.74, 6) is 0.0394. The van der Waals surface area contributed by atoms with Crippen molar-refractivity contribution in [1.29, 1.82) is 0 Å². The monoisotopic (exact) mass is 352 g/mol. The van der Waals surface area contributed by atoms with Gasteiger partial charge in [0.1, 0.15) is 6.33 Å². The highest BCUT2D eigenvalue weighted by Crippen LogP contribution is 2.33. The van der Waals surface area contributed by atoms with Gasteiger partial charge in [-0.3, -0.25) is 10.1 Å². The predicted molar refractivity (Wildman–Crippen MR) is 81.9 cm³/mol. The number of nitro groups is 1. The van der Waals surface area contributed by atoms with Crippen LogP contribution in [-0.4, -0.2) is 21.0 Å². The van der Waals surface area contributed by atoms with Crippen molar-refractivity contribution in [3.8, 4) is 5.88 Å². The molecule has 0 aliphatic heterocycles. The SMILES string of the molecule is CC(C)Oc1ncnc(Nc2ccc(Br)cc2)c1[N+](=O)[O-]. The average molecular weight is 353 g/mol. The van der Waals surface area contributed by atoms with Gasteiger partial charge < -0.3 is 10.1 Å². The topological polar surface area (TPSA) is 90.2 Å². The van der Waals surface area contributed by atoms with Crippen LogP contribution >= 0.6 is 15.9 Å². The number of anilines is 2. The molecule has 110 valence electrons. The molecule has 1 aromatic carbocycles. The summed E-state index contributed by atoms with van der Waals surface area (Å²) in [6, 6.07) is 7.19. The number of aromatic nitrogens is 2. The van der Waals surface area contributed by atoms with E-state index in [1.165, 1.54) is 6.33 Å². The Labute approximate surface area is 129 Å². The standard InChI is InChI=1S/C13H13BrN4O3/c1-8(2)21-13-11(18(19)20)12(15-7-16-13)17-10-5-3-9(14)4-6-10/h3-8H,1-2H3,(H,15,16,17). The second-order valence-electron chi connectivity index (χ2n) is 4.43. The maximum absolute atomic E-state index is 11.3. The number of nitrogens with zero attached hydrogens (tertiary/aromatic N) is 3. The van der Waals surface area contributed by atoms with Gasteiger partial charge in [-0.05, 0) is 38.1 Å². The molecule has 0 unspecified atom stereocenters. The minimum absolute atomic E-state index is 0.0513. The quantitative estimate of drug-likeness (QED) is 0.651. The van der Waals surface area contributed by atoms with E-state index in [1.807, 2.05) is 12.1 Å². The van der Waals surface area contributed by atoms with Crippen LogP contribution in [0.4, 0.5) is 17.2 Å². The van der Waals surface area contributed by atoms with Gasteiger partial charge in [0.05, 0.1) is 11.0 Å². The largest absolute Gasteiger partial charge is 0.470 e. The molecule has 0 aliphatic rings. The van der Waals surface area contributed by atoms with Crippen LogP contribution < -0.4 is 10.1 Å². The first-order chi connectivity index (χ1) is 9.97. The molecule has 0 aliphatic carbocycles. The molecule has 8 heteroatoms. The molecular formula is C13H13BrN4O3. The third-order valence-corrected chi connectivity index (χ3v) is 2.95. The molecule has 21 heavy (non-hydrogen) atoms. The summed E-state index contributed by atoms with van der Waals surface area (Å²) in [6.07, 6.45) is 1.01. The van der Waals surface area contributed by atoms with Gasteiger partial charge in [-0.25, -0.2) is 4.98 Å². The normalized spacial score (nSPS) is 10.5. The van der Waals surface area contributed by atoms with Gasteiger partial charge in [-0.15, -0.1) is 0 Å². The number of rotatable bonds is 5. The highest BCUT2D eigenvalue weighted by Gasteiger charge is 2.25. The molecule has 0 atom stereocenters. The number of hydrogen-bond acceptors (Lipinski definition) is 6. The van der Waals surface area contributed by atoms with Crippen molar-refractivity contribution in [2.45, 2.75) is 20.0 Å². The fourth-order valence-electron chi connectivity index (χ4n) is 1.60. The van der Waals surface area contributed by atoms with E-state index in [9.17, 15) is 10.1 Å². The van der Waals surface area contributed by atoms with Crippen LogP contribution in [0.2, 0.25) is 0 Å². The highest BCUT2D eigenvalue weighted by atomic mass is 79.9. The second kappa shape index (κ2) is 6.49. The number of ether oxygens (including phenoxy) is 1. The molecule has 7 nitrogen and oxygen atoms in total. The van der Waals surface area contributed by atoms with Gasteiger partial charge in [0.2, 0.25) is 5.82 Å². The maximum atomic E-state index is 11.3. The number of hydrogen-bond donors (Lipinski definition) is 1. The summed E-state index contributed by atoms with van der Waals surface area (Å²) in [5.41, 5.74) is 0.393. The van der Waals surface area contributed by atoms with E-state index in [-0.39, 0.29) is 23.5 Å². The van der Waals surface area contributed by atoms with Crippen LogP contribution in [0, 0.1) is 10.1 Å². The maximum Gasteiger partial charge on any atom is 0.373 e. The van der Waals surface area contributed by atoms with Gasteiger partial charge in [0.25, 0.3) is 5.88 Å². The lowest BCUT2D eigenvalue weighted by Gasteiger charge is -2.11. The Bertz CT molecular complexity index is 646. The van der Waals surface area contributed by atoms with Crippen molar-refractivity contribution in [2.24, 2.45) is 0 Å². The summed E-state index contributed by atoms with van der Waals surface area (Å²) in [6.45, 7) is 3.54. The van der Waals surface area contributed by atoms with Gasteiger partial charge >= 0.3 is 5.69 Å². The molecule has 1 N–H and O–H groups in total. The molecule has 0 amide bonds. The first-order valence-corrected chi connectivity index (χ1v) is 6.95. The van der Waals surface area contributed by atoms with E-state index < -0.39 is 4.92 Å². The summed E-state index contributed by atoms with van der Waals surface area (Å²) in [5, 5.41) is 14.2. The Morgan fingerprint density at radius 1 is 1.29 bits per heavy atom. The summed E-state index contributed by atoms with van der Waals surface area (Å²) in [4.78, 5) is 18.5. The number of benzene rings is 1. The molecule has 0 saturated carbocycles. The minimum atomic E-state index is -0.557. The van der Waals surface area contributed by atoms with Crippen LogP contribution in [0.5, 0.6) is 5.88 Å². The van der Waals surface area contributed by atoms with Gasteiger partial charge in [0, 0.05) is 10.2 Å². The fourth-order valence-corrected chi connectivity index (χ4v) is 1.86. The van der Waals surface area contributed by atoms with Crippen LogP contribution in [-0.2, 0) is 0 Å². The van der Waals surface area contributed by atoms with E-state index >= 15 is 0 Å². The van der Waals surface area contributed by atoms with Crippen molar-refractivity contribution < 1.29 is 9.66 Å². The number of nitrogens with one attached hydrogen (secondary N) is 1. The van der Waals surface area contributed by atoms with Crippen molar-refractivity contribution >= 4 is 33.1 Å². The van der Waals surface area contributed by atoms with Crippen molar-refractivity contribution in [3.63, 3.8) is 0 Å². The molecule has 0 radical (unpaired) electrons. The van der Waals surface area contributed by atoms with Crippen molar-refractivity contribution in [1.82, 2.24) is 9.97 Å². The zero-order chi connectivity index (χ0) is 15.4. The minimum Gasteiger partial charge on any atom is -0.470 e. The average Bonchev–Trinajstić information content (AvgIpc) is 2.40. The Morgan fingerprint density at radius 2 is 1.95 bits per heavy atom. The second-order valence-corrected chi connectivity index (χ2v) is 5.35. The summed E-state index contributed by atoms with van der Waals surface area (Å²) >= 11 is 3.33. The Kier molecular flexibility index (Phi) is 4.69. The molecule has 2 rings (SSSR count). The predicted octanol–water partition coefficient (Wildman–Crippen LogP) is 3.68. The van der Waals surface area contributed by atoms with E-state index in [0.717, 1.165) is 4.47 Å². The molecule has 2 aromatic rings. The molecule has 1 aromatic heterocycles. The Hall–Kier alpha value is -2.22. The van der Waals surface area contributed by atoms with Crippen LogP contribution in [0.15, 0.2) is 35.1 Å². The van der Waals surface area contributed by atoms with Crippen LogP contribution in [0.25, 0.3) is 0 Å². The lowest BCUT2D eigenvalue weighted by molar-refractivity contribution is -0.385. The molecular weight excluding hydrogens is 340 g/mol. The summed E-state index contributed by atoms with van der Waals surface area (Å²) in [7, 11) is 0. The highest BCUT2D eigenvalue weighted by molar-refractivity contribution is 9.10. The van der Waals surface area contributed by atoms with Gasteiger partial charge in [-0.1, -0.05) is 15.9 Å². The molecule has 0 bridgehead atoms. The Morgan fingerprint density at radius 3 is 2.52 bits per heavy atom. The van der Waals surface area contributed by atoms with Crippen molar-refractivity contribution in [2.75, 3.05) is 5.32 Å². The lowest BCUT2D eigenvalue weighted by atomic mass is 10.3. The van der Waals surface area contributed by atoms with E-state index in [1.54, 1.807) is 26.0 Å². The molecule has 0 spiro atoms. The third-order valence-electron chi connectivity index (χ3n) is 2.43. The van der Waals surface area contributed by atoms with Crippen LogP contribution in [0.1, 0.15) is 13.8 Å². The molecule has 1 heterocycles. The summed E-state index contributed by atoms with van der Waals surface area (Å²) < 4.78 is 6.28. The van der Waals surface area contributed by atoms with Gasteiger partial charge in [0.15, 0.2) is 0 Å². The van der Waals surface area contributed by atoms with Crippen LogP contribution in [0.3, 0.4) is 0 Å². The smallest absolute Gasteiger partial charge is 0.373 e. The van der Waals surface area contributed by atoms with E-state index in [2.05, 4.69) is 31.2 Å². The third kappa shape index (κ3) is 3.88. The number of halogens is 1. The zero-order valence-corrected chi connectivity index (χ0v) is 13.0. The van der Waals surface area contributed by atoms with Gasteiger partial charge in [-0.2, -0.15) is 4.98 Å². The molecule has 0 saturated heterocycles. The lowest BCUT2D eigenvalue weighted by Crippen LogP contribution is -2.10. The van der Waals surface area contributed by atoms with E-state index in [4.69, 9.17) is 4.74 Å². The van der Waals surface area contributed by atoms with E-state index in [0.29, 0.717) is 5.69 Å². The zero-order valence-electron chi connectivity index (χ0n) is 11.4. The molecule has 0 fully saturated rings. The first-order valence-electron chi connectivity index (χ1n) is 6.16. The first kappa shape index (κ1) is 15.2.